The number of nitrogens with zero attached hydrogens (tertiary/aromatic N) is 2. The Morgan fingerprint density at radius 1 is 1.59 bits per heavy atom. The van der Waals surface area contributed by atoms with Crippen LogP contribution in [0, 0.1) is 13.8 Å². The summed E-state index contributed by atoms with van der Waals surface area (Å²) in [5.74, 6) is -0.441. The summed E-state index contributed by atoms with van der Waals surface area (Å²) < 4.78 is 6.55. The number of hydrogen-bond donors (Lipinski definition) is 1. The average molecular weight is 260 g/mol. The molecule has 0 aliphatic rings. The lowest BCUT2D eigenvalue weighted by Gasteiger charge is -2.22. The van der Waals surface area contributed by atoms with E-state index in [0.717, 1.165) is 11.4 Å². The Morgan fingerprint density at radius 2 is 2.18 bits per heavy atom. The van der Waals surface area contributed by atoms with Gasteiger partial charge in [-0.3, -0.25) is 4.68 Å². The van der Waals surface area contributed by atoms with Crippen molar-refractivity contribution in [2.24, 2.45) is 5.73 Å². The van der Waals surface area contributed by atoms with Crippen molar-refractivity contribution in [2.75, 3.05) is 6.61 Å². The van der Waals surface area contributed by atoms with Gasteiger partial charge in [-0.25, -0.2) is 4.79 Å². The highest BCUT2D eigenvalue weighted by atomic mass is 35.5. The van der Waals surface area contributed by atoms with Gasteiger partial charge in [-0.15, -0.1) is 0 Å². The minimum absolute atomic E-state index is 0.241. The molecule has 0 aromatic carbocycles. The van der Waals surface area contributed by atoms with Gasteiger partial charge in [0.2, 0.25) is 0 Å². The van der Waals surface area contributed by atoms with Gasteiger partial charge in [0.15, 0.2) is 0 Å². The van der Waals surface area contributed by atoms with E-state index in [4.69, 9.17) is 22.1 Å². The fourth-order valence-corrected chi connectivity index (χ4v) is 1.64. The van der Waals surface area contributed by atoms with Gasteiger partial charge >= 0.3 is 5.97 Å². The first-order valence-corrected chi connectivity index (χ1v) is 5.83. The van der Waals surface area contributed by atoms with Crippen LogP contribution >= 0.6 is 11.6 Å². The molecule has 1 aromatic rings. The molecule has 1 rings (SSSR count). The molecule has 0 amide bonds. The first kappa shape index (κ1) is 14.0. The minimum atomic E-state index is -1.11. The van der Waals surface area contributed by atoms with Crippen molar-refractivity contribution < 1.29 is 9.53 Å². The van der Waals surface area contributed by atoms with E-state index in [1.54, 1.807) is 18.5 Å². The van der Waals surface area contributed by atoms with Crippen molar-refractivity contribution in [1.29, 1.82) is 0 Å². The summed E-state index contributed by atoms with van der Waals surface area (Å²) in [5.41, 5.74) is 6.34. The summed E-state index contributed by atoms with van der Waals surface area (Å²) in [6.07, 6.45) is 0. The smallest absolute Gasteiger partial charge is 0.327 e. The fraction of sp³-hybridized carbons (Fsp3) is 0.636. The second kappa shape index (κ2) is 5.06. The van der Waals surface area contributed by atoms with E-state index in [1.807, 2.05) is 13.8 Å². The van der Waals surface area contributed by atoms with Gasteiger partial charge in [0.25, 0.3) is 0 Å². The molecule has 96 valence electrons. The first-order valence-electron chi connectivity index (χ1n) is 5.45. The van der Waals surface area contributed by atoms with Crippen LogP contribution in [0.4, 0.5) is 0 Å². The maximum absolute atomic E-state index is 11.7. The number of carbonyl (C=O) groups excluding carboxylic acids is 1. The predicted octanol–water partition coefficient (Wildman–Crippen LogP) is 1.43. The van der Waals surface area contributed by atoms with Crippen molar-refractivity contribution >= 4 is 17.6 Å². The summed E-state index contributed by atoms with van der Waals surface area (Å²) in [5, 5.41) is 4.84. The van der Waals surface area contributed by atoms with Crippen LogP contribution in [0.15, 0.2) is 0 Å². The zero-order valence-electron chi connectivity index (χ0n) is 10.6. The topological polar surface area (TPSA) is 70.1 Å². The minimum Gasteiger partial charge on any atom is -0.465 e. The zero-order valence-corrected chi connectivity index (χ0v) is 11.3. The molecule has 2 N–H and O–H groups in total. The lowest BCUT2D eigenvalue weighted by molar-refractivity contribution is -0.149. The molecular weight excluding hydrogens is 242 g/mol. The van der Waals surface area contributed by atoms with Crippen LogP contribution in [-0.2, 0) is 16.1 Å². The molecule has 17 heavy (non-hydrogen) atoms. The largest absolute Gasteiger partial charge is 0.465 e. The Hall–Kier alpha value is -1.07. The third-order valence-corrected chi connectivity index (χ3v) is 3.06. The number of nitrogens with two attached hydrogens (primary N) is 1. The van der Waals surface area contributed by atoms with Crippen LogP contribution in [0.3, 0.4) is 0 Å². The molecule has 1 aromatic heterocycles. The molecule has 5 nitrogen and oxygen atoms in total. The molecule has 0 spiro atoms. The van der Waals surface area contributed by atoms with Gasteiger partial charge in [0, 0.05) is 0 Å². The van der Waals surface area contributed by atoms with Gasteiger partial charge in [0.1, 0.15) is 5.54 Å². The molecule has 1 heterocycles. The van der Waals surface area contributed by atoms with Crippen molar-refractivity contribution in [1.82, 2.24) is 9.78 Å². The third kappa shape index (κ3) is 2.98. The Kier molecular flexibility index (Phi) is 4.16. The highest BCUT2D eigenvalue weighted by Gasteiger charge is 2.31. The molecule has 0 saturated carbocycles. The number of hydrogen-bond acceptors (Lipinski definition) is 4. The number of ether oxygens (including phenoxy) is 1. The average Bonchev–Trinajstić information content (AvgIpc) is 2.46. The molecule has 6 heteroatoms. The van der Waals surface area contributed by atoms with Crippen molar-refractivity contribution in [2.45, 2.75) is 39.8 Å². The quantitative estimate of drug-likeness (QED) is 0.831. The Balaban J connectivity index is 2.90. The van der Waals surface area contributed by atoms with Gasteiger partial charge in [0.05, 0.1) is 29.6 Å². The van der Waals surface area contributed by atoms with Gasteiger partial charge in [-0.1, -0.05) is 11.6 Å². The second-order valence-corrected chi connectivity index (χ2v) is 4.66. The molecule has 0 radical (unpaired) electrons. The van der Waals surface area contributed by atoms with Crippen LogP contribution in [-0.4, -0.2) is 27.9 Å². The third-order valence-electron chi connectivity index (χ3n) is 2.51. The summed E-state index contributed by atoms with van der Waals surface area (Å²) in [7, 11) is 0. The predicted molar refractivity (Wildman–Crippen MR) is 65.9 cm³/mol. The number of esters is 1. The monoisotopic (exact) mass is 259 g/mol. The molecule has 1 unspecified atom stereocenters. The van der Waals surface area contributed by atoms with E-state index in [0.29, 0.717) is 11.6 Å². The summed E-state index contributed by atoms with van der Waals surface area (Å²) >= 11 is 6.03. The maximum Gasteiger partial charge on any atom is 0.327 e. The number of carbonyl (C=O) groups is 1. The van der Waals surface area contributed by atoms with Crippen LogP contribution in [0.5, 0.6) is 0 Å². The molecule has 0 aliphatic carbocycles. The molecule has 0 fully saturated rings. The van der Waals surface area contributed by atoms with E-state index >= 15 is 0 Å². The van der Waals surface area contributed by atoms with E-state index in [2.05, 4.69) is 5.10 Å². The van der Waals surface area contributed by atoms with Crippen LogP contribution < -0.4 is 5.73 Å². The molecule has 0 bridgehead atoms. The summed E-state index contributed by atoms with van der Waals surface area (Å²) in [4.78, 5) is 11.7. The summed E-state index contributed by atoms with van der Waals surface area (Å²) in [6, 6.07) is 0. The molecular formula is C11H18ClN3O2. The second-order valence-electron chi connectivity index (χ2n) is 4.28. The van der Waals surface area contributed by atoms with E-state index < -0.39 is 11.5 Å². The zero-order chi connectivity index (χ0) is 13.2. The SMILES string of the molecule is CCOC(=O)C(C)(N)Cn1nc(C)c(Cl)c1C. The Labute approximate surface area is 106 Å². The van der Waals surface area contributed by atoms with Crippen LogP contribution in [0.2, 0.25) is 5.02 Å². The van der Waals surface area contributed by atoms with E-state index in [9.17, 15) is 4.79 Å². The lowest BCUT2D eigenvalue weighted by Crippen LogP contribution is -2.50. The van der Waals surface area contributed by atoms with Gasteiger partial charge in [-0.2, -0.15) is 5.10 Å². The lowest BCUT2D eigenvalue weighted by atomic mass is 10.1. The number of halogens is 1. The maximum atomic E-state index is 11.7. The number of rotatable bonds is 4. The van der Waals surface area contributed by atoms with E-state index in [1.165, 1.54) is 0 Å². The Morgan fingerprint density at radius 3 is 2.59 bits per heavy atom. The highest BCUT2D eigenvalue weighted by Crippen LogP contribution is 2.20. The highest BCUT2D eigenvalue weighted by molar-refractivity contribution is 6.31. The molecule has 0 aliphatic heterocycles. The summed E-state index contributed by atoms with van der Waals surface area (Å²) in [6.45, 7) is 7.56. The number of aromatic nitrogens is 2. The molecule has 1 atom stereocenters. The van der Waals surface area contributed by atoms with Crippen molar-refractivity contribution in [3.8, 4) is 0 Å². The standard InChI is InChI=1S/C11H18ClN3O2/c1-5-17-10(16)11(4,13)6-15-8(3)9(12)7(2)14-15/h5-6,13H2,1-4H3. The Bertz CT molecular complexity index is 427. The van der Waals surface area contributed by atoms with Crippen molar-refractivity contribution in [3.63, 3.8) is 0 Å². The normalized spacial score (nSPS) is 14.5. The van der Waals surface area contributed by atoms with Crippen molar-refractivity contribution in [3.05, 3.63) is 16.4 Å². The van der Waals surface area contributed by atoms with Crippen LogP contribution in [0.25, 0.3) is 0 Å². The van der Waals surface area contributed by atoms with Gasteiger partial charge in [-0.05, 0) is 27.7 Å². The first-order chi connectivity index (χ1) is 7.79. The van der Waals surface area contributed by atoms with Crippen LogP contribution in [0.1, 0.15) is 25.2 Å². The fourth-order valence-electron chi connectivity index (χ4n) is 1.50. The molecule has 0 saturated heterocycles. The number of aryl methyl sites for hydroxylation is 1. The van der Waals surface area contributed by atoms with Gasteiger partial charge < -0.3 is 10.5 Å². The van der Waals surface area contributed by atoms with E-state index in [-0.39, 0.29) is 6.54 Å².